The van der Waals surface area contributed by atoms with Crippen LogP contribution >= 0.6 is 0 Å². The molecule has 0 aromatic rings. The predicted molar refractivity (Wildman–Crippen MR) is 57.6 cm³/mol. The first-order valence-electron chi connectivity index (χ1n) is 4.67. The van der Waals surface area contributed by atoms with Gasteiger partial charge in [-0.15, -0.1) is 0 Å². The standard InChI is InChI=1S/C10H19NSi/c1-9(2)11-12(3,4)10-7-5-6-8-10/h5,7-9,11H,6H2,1-4H3. The molecule has 1 nitrogen and oxygen atoms in total. The van der Waals surface area contributed by atoms with E-state index in [4.69, 9.17) is 0 Å². The van der Waals surface area contributed by atoms with Gasteiger partial charge in [0.25, 0.3) is 0 Å². The molecule has 0 bridgehead atoms. The predicted octanol–water partition coefficient (Wildman–Crippen LogP) is 2.62. The van der Waals surface area contributed by atoms with Gasteiger partial charge in [-0.2, -0.15) is 0 Å². The summed E-state index contributed by atoms with van der Waals surface area (Å²) in [5.41, 5.74) is 0. The van der Waals surface area contributed by atoms with E-state index in [9.17, 15) is 0 Å². The van der Waals surface area contributed by atoms with E-state index in [1.165, 1.54) is 0 Å². The Morgan fingerprint density at radius 1 is 1.42 bits per heavy atom. The molecule has 0 heterocycles. The highest BCUT2D eigenvalue weighted by Crippen LogP contribution is 2.19. The Morgan fingerprint density at radius 3 is 2.50 bits per heavy atom. The van der Waals surface area contributed by atoms with Crippen molar-refractivity contribution in [1.82, 2.24) is 4.98 Å². The lowest BCUT2D eigenvalue weighted by atomic mass is 10.4. The second kappa shape index (κ2) is 3.58. The van der Waals surface area contributed by atoms with Crippen LogP contribution in [0.1, 0.15) is 20.3 Å². The van der Waals surface area contributed by atoms with Gasteiger partial charge in [0.05, 0.1) is 0 Å². The van der Waals surface area contributed by atoms with Crippen LogP contribution in [0.15, 0.2) is 23.4 Å². The molecule has 0 spiro atoms. The highest BCUT2D eigenvalue weighted by molar-refractivity contribution is 6.82. The van der Waals surface area contributed by atoms with Gasteiger partial charge in [0.2, 0.25) is 0 Å². The molecule has 0 aromatic carbocycles. The second-order valence-corrected chi connectivity index (χ2v) is 8.34. The lowest BCUT2D eigenvalue weighted by Crippen LogP contribution is -2.49. The van der Waals surface area contributed by atoms with Crippen LogP contribution in [0, 0.1) is 0 Å². The maximum absolute atomic E-state index is 3.68. The smallest absolute Gasteiger partial charge is 0.151 e. The van der Waals surface area contributed by atoms with E-state index in [0.717, 1.165) is 6.42 Å². The second-order valence-electron chi connectivity index (χ2n) is 4.22. The van der Waals surface area contributed by atoms with Crippen molar-refractivity contribution in [1.29, 1.82) is 0 Å². The van der Waals surface area contributed by atoms with E-state index in [1.807, 2.05) is 0 Å². The molecular formula is C10H19NSi. The zero-order chi connectivity index (χ0) is 9.19. The molecule has 0 atom stereocenters. The van der Waals surface area contributed by atoms with E-state index in [0.29, 0.717) is 6.04 Å². The maximum Gasteiger partial charge on any atom is 0.151 e. The summed E-state index contributed by atoms with van der Waals surface area (Å²) in [6.07, 6.45) is 8.00. The molecule has 0 amide bonds. The molecule has 1 rings (SSSR count). The first kappa shape index (κ1) is 9.74. The molecular weight excluding hydrogens is 162 g/mol. The van der Waals surface area contributed by atoms with Crippen LogP contribution in [0.2, 0.25) is 13.1 Å². The Balaban J connectivity index is 2.64. The topological polar surface area (TPSA) is 12.0 Å². The first-order chi connectivity index (χ1) is 5.52. The minimum absolute atomic E-state index is 0.599. The highest BCUT2D eigenvalue weighted by atomic mass is 28.3. The zero-order valence-electron chi connectivity index (χ0n) is 8.52. The fourth-order valence-electron chi connectivity index (χ4n) is 1.73. The Morgan fingerprint density at radius 2 is 2.08 bits per heavy atom. The SMILES string of the molecule is CC(C)N[Si](C)(C)C1=CCC=C1. The third kappa shape index (κ3) is 2.32. The fourth-order valence-corrected chi connectivity index (χ4v) is 4.50. The molecule has 1 aliphatic rings. The van der Waals surface area contributed by atoms with Crippen LogP contribution in [0.5, 0.6) is 0 Å². The summed E-state index contributed by atoms with van der Waals surface area (Å²) in [5, 5.41) is 1.55. The normalized spacial score (nSPS) is 17.2. The summed E-state index contributed by atoms with van der Waals surface area (Å²) < 4.78 is 0. The number of allylic oxidation sites excluding steroid dienone is 4. The first-order valence-corrected chi connectivity index (χ1v) is 7.67. The molecule has 1 N–H and O–H groups in total. The van der Waals surface area contributed by atoms with Crippen LogP contribution in [-0.4, -0.2) is 14.3 Å². The van der Waals surface area contributed by atoms with Crippen molar-refractivity contribution in [2.45, 2.75) is 39.4 Å². The maximum atomic E-state index is 3.68. The monoisotopic (exact) mass is 181 g/mol. The van der Waals surface area contributed by atoms with E-state index in [2.05, 4.69) is 50.2 Å². The number of hydrogen-bond donors (Lipinski definition) is 1. The van der Waals surface area contributed by atoms with Gasteiger partial charge in [-0.3, -0.25) is 0 Å². The molecule has 0 radical (unpaired) electrons. The Hall–Kier alpha value is -0.343. The molecule has 0 unspecified atom stereocenters. The van der Waals surface area contributed by atoms with Gasteiger partial charge in [-0.05, 0) is 17.7 Å². The van der Waals surface area contributed by atoms with Crippen molar-refractivity contribution in [3.63, 3.8) is 0 Å². The summed E-state index contributed by atoms with van der Waals surface area (Å²) in [4.78, 5) is 3.68. The summed E-state index contributed by atoms with van der Waals surface area (Å²) >= 11 is 0. The Bertz CT molecular complexity index is 214. The van der Waals surface area contributed by atoms with Crippen LogP contribution in [0.25, 0.3) is 0 Å². The van der Waals surface area contributed by atoms with Crippen molar-refractivity contribution in [2.75, 3.05) is 0 Å². The molecule has 0 aromatic heterocycles. The minimum atomic E-state index is -1.31. The lowest BCUT2D eigenvalue weighted by Gasteiger charge is -2.27. The molecule has 2 heteroatoms. The van der Waals surface area contributed by atoms with Gasteiger partial charge in [-0.25, -0.2) is 0 Å². The van der Waals surface area contributed by atoms with Crippen molar-refractivity contribution in [3.8, 4) is 0 Å². The van der Waals surface area contributed by atoms with Crippen LogP contribution in [0.3, 0.4) is 0 Å². The van der Waals surface area contributed by atoms with Crippen molar-refractivity contribution in [3.05, 3.63) is 23.4 Å². The van der Waals surface area contributed by atoms with Gasteiger partial charge in [0.15, 0.2) is 8.24 Å². The van der Waals surface area contributed by atoms with E-state index in [-0.39, 0.29) is 0 Å². The average Bonchev–Trinajstić information content (AvgIpc) is 2.32. The molecule has 12 heavy (non-hydrogen) atoms. The summed E-state index contributed by atoms with van der Waals surface area (Å²) in [6, 6.07) is 0.599. The highest BCUT2D eigenvalue weighted by Gasteiger charge is 2.25. The average molecular weight is 181 g/mol. The van der Waals surface area contributed by atoms with E-state index < -0.39 is 8.24 Å². The van der Waals surface area contributed by atoms with Gasteiger partial charge in [0, 0.05) is 0 Å². The number of hydrogen-bond acceptors (Lipinski definition) is 1. The van der Waals surface area contributed by atoms with Crippen molar-refractivity contribution >= 4 is 8.24 Å². The Kier molecular flexibility index (Phi) is 2.91. The zero-order valence-corrected chi connectivity index (χ0v) is 9.52. The third-order valence-corrected chi connectivity index (χ3v) is 5.26. The minimum Gasteiger partial charge on any atom is -0.332 e. The van der Waals surface area contributed by atoms with Crippen LogP contribution in [0.4, 0.5) is 0 Å². The largest absolute Gasteiger partial charge is 0.332 e. The van der Waals surface area contributed by atoms with E-state index in [1.54, 1.807) is 5.20 Å². The molecule has 0 saturated carbocycles. The van der Waals surface area contributed by atoms with Gasteiger partial charge in [0.1, 0.15) is 0 Å². The summed E-state index contributed by atoms with van der Waals surface area (Å²) in [6.45, 7) is 9.17. The van der Waals surface area contributed by atoms with E-state index >= 15 is 0 Å². The molecule has 0 saturated heterocycles. The van der Waals surface area contributed by atoms with Gasteiger partial charge < -0.3 is 4.98 Å². The molecule has 68 valence electrons. The molecule has 0 fully saturated rings. The lowest BCUT2D eigenvalue weighted by molar-refractivity contribution is 0.736. The molecule has 1 aliphatic carbocycles. The number of nitrogens with one attached hydrogen (secondary N) is 1. The van der Waals surface area contributed by atoms with Crippen molar-refractivity contribution in [2.24, 2.45) is 0 Å². The number of rotatable bonds is 3. The van der Waals surface area contributed by atoms with Crippen molar-refractivity contribution < 1.29 is 0 Å². The summed E-state index contributed by atoms with van der Waals surface area (Å²) in [5.74, 6) is 0. The molecule has 0 aliphatic heterocycles. The van der Waals surface area contributed by atoms with Crippen LogP contribution < -0.4 is 4.98 Å². The quantitative estimate of drug-likeness (QED) is 0.660. The van der Waals surface area contributed by atoms with Gasteiger partial charge >= 0.3 is 0 Å². The Labute approximate surface area is 76.6 Å². The summed E-state index contributed by atoms with van der Waals surface area (Å²) in [7, 11) is -1.31. The third-order valence-electron chi connectivity index (χ3n) is 2.14. The fraction of sp³-hybridized carbons (Fsp3) is 0.600. The van der Waals surface area contributed by atoms with Gasteiger partial charge in [-0.1, -0.05) is 45.2 Å². The van der Waals surface area contributed by atoms with Crippen LogP contribution in [-0.2, 0) is 0 Å².